The van der Waals surface area contributed by atoms with Crippen molar-refractivity contribution in [3.8, 4) is 11.3 Å². The van der Waals surface area contributed by atoms with E-state index in [1.54, 1.807) is 17.4 Å². The highest BCUT2D eigenvalue weighted by Crippen LogP contribution is 2.32. The van der Waals surface area contributed by atoms with Crippen LogP contribution in [0.3, 0.4) is 0 Å². The predicted octanol–water partition coefficient (Wildman–Crippen LogP) is 7.02. The maximum Gasteiger partial charge on any atom is 0.187 e. The Hall–Kier alpha value is -1.75. The third-order valence-electron chi connectivity index (χ3n) is 4.30. The Kier molecular flexibility index (Phi) is 6.07. The molecule has 26 heavy (non-hydrogen) atoms. The van der Waals surface area contributed by atoms with Gasteiger partial charge in [0.1, 0.15) is 0 Å². The van der Waals surface area contributed by atoms with E-state index in [2.05, 4.69) is 54.2 Å². The zero-order chi connectivity index (χ0) is 18.7. The van der Waals surface area contributed by atoms with Gasteiger partial charge in [-0.25, -0.2) is 4.98 Å². The molecule has 136 valence electrons. The molecular formula is C20H21Cl2N3S. The molecule has 0 saturated heterocycles. The van der Waals surface area contributed by atoms with Gasteiger partial charge in [0.15, 0.2) is 5.13 Å². The Balaban J connectivity index is 1.79. The lowest BCUT2D eigenvalue weighted by atomic mass is 10.1. The summed E-state index contributed by atoms with van der Waals surface area (Å²) in [5.74, 6) is 0. The minimum Gasteiger partial charge on any atom is -0.372 e. The molecule has 3 rings (SSSR count). The van der Waals surface area contributed by atoms with E-state index < -0.39 is 0 Å². The predicted molar refractivity (Wildman–Crippen MR) is 116 cm³/mol. The van der Waals surface area contributed by atoms with Crippen LogP contribution in [-0.2, 0) is 0 Å². The monoisotopic (exact) mass is 405 g/mol. The Morgan fingerprint density at radius 1 is 1.04 bits per heavy atom. The lowest BCUT2D eigenvalue weighted by molar-refractivity contribution is 0.866. The van der Waals surface area contributed by atoms with Crippen LogP contribution in [0.5, 0.6) is 0 Å². The van der Waals surface area contributed by atoms with Crippen LogP contribution in [-0.4, -0.2) is 18.1 Å². The van der Waals surface area contributed by atoms with Crippen LogP contribution in [0.25, 0.3) is 11.3 Å². The molecule has 0 bridgehead atoms. The Morgan fingerprint density at radius 2 is 1.81 bits per heavy atom. The molecule has 0 aliphatic heterocycles. The van der Waals surface area contributed by atoms with Crippen molar-refractivity contribution in [2.45, 2.75) is 20.8 Å². The summed E-state index contributed by atoms with van der Waals surface area (Å²) in [6, 6.07) is 12.0. The molecule has 0 fully saturated rings. The van der Waals surface area contributed by atoms with Gasteiger partial charge in [-0.3, -0.25) is 0 Å². The standard InChI is InChI=1S/C20H21Cl2N3S/c1-4-25(5-2)15-7-9-18(13(3)10-15)23-20-24-19(12-26-20)14-6-8-16(21)17(22)11-14/h6-12H,4-5H2,1-3H3,(H,23,24). The van der Waals surface area contributed by atoms with E-state index in [-0.39, 0.29) is 0 Å². The zero-order valence-electron chi connectivity index (χ0n) is 15.0. The van der Waals surface area contributed by atoms with Crippen molar-refractivity contribution in [2.75, 3.05) is 23.3 Å². The largest absolute Gasteiger partial charge is 0.372 e. The topological polar surface area (TPSA) is 28.2 Å². The van der Waals surface area contributed by atoms with E-state index in [1.807, 2.05) is 17.5 Å². The molecule has 3 aromatic rings. The van der Waals surface area contributed by atoms with Crippen LogP contribution in [0.15, 0.2) is 41.8 Å². The highest BCUT2D eigenvalue weighted by atomic mass is 35.5. The molecule has 2 aromatic carbocycles. The van der Waals surface area contributed by atoms with E-state index in [0.717, 1.165) is 35.2 Å². The molecule has 0 aliphatic carbocycles. The number of rotatable bonds is 6. The molecular weight excluding hydrogens is 385 g/mol. The summed E-state index contributed by atoms with van der Waals surface area (Å²) < 4.78 is 0. The Bertz CT molecular complexity index is 904. The van der Waals surface area contributed by atoms with Gasteiger partial charge >= 0.3 is 0 Å². The number of nitrogens with zero attached hydrogens (tertiary/aromatic N) is 2. The minimum atomic E-state index is 0.537. The summed E-state index contributed by atoms with van der Waals surface area (Å²) in [5, 5.41) is 7.37. The van der Waals surface area contributed by atoms with Gasteiger partial charge in [-0.1, -0.05) is 29.3 Å². The quantitative estimate of drug-likeness (QED) is 0.477. The first-order chi connectivity index (χ1) is 12.5. The molecule has 0 unspecified atom stereocenters. The first-order valence-electron chi connectivity index (χ1n) is 8.55. The minimum absolute atomic E-state index is 0.537. The van der Waals surface area contributed by atoms with Crippen molar-refractivity contribution in [3.05, 3.63) is 57.4 Å². The fraction of sp³-hybridized carbons (Fsp3) is 0.250. The van der Waals surface area contributed by atoms with Crippen LogP contribution in [0.4, 0.5) is 16.5 Å². The summed E-state index contributed by atoms with van der Waals surface area (Å²) in [4.78, 5) is 7.01. The Labute approximate surface area is 168 Å². The number of aryl methyl sites for hydroxylation is 1. The number of benzene rings is 2. The van der Waals surface area contributed by atoms with Crippen LogP contribution >= 0.6 is 34.5 Å². The smallest absolute Gasteiger partial charge is 0.187 e. The number of halogens is 2. The third-order valence-corrected chi connectivity index (χ3v) is 5.80. The number of hydrogen-bond acceptors (Lipinski definition) is 4. The van der Waals surface area contributed by atoms with Gasteiger partial charge in [-0.2, -0.15) is 0 Å². The molecule has 0 atom stereocenters. The van der Waals surface area contributed by atoms with Gasteiger partial charge in [-0.05, 0) is 56.7 Å². The van der Waals surface area contributed by atoms with Crippen LogP contribution in [0, 0.1) is 6.92 Å². The first-order valence-corrected chi connectivity index (χ1v) is 10.2. The average Bonchev–Trinajstić information content (AvgIpc) is 3.09. The zero-order valence-corrected chi connectivity index (χ0v) is 17.3. The number of thiazole rings is 1. The molecule has 6 heteroatoms. The SMILES string of the molecule is CCN(CC)c1ccc(Nc2nc(-c3ccc(Cl)c(Cl)c3)cs2)c(C)c1. The number of anilines is 3. The van der Waals surface area contributed by atoms with Crippen molar-refractivity contribution in [3.63, 3.8) is 0 Å². The molecule has 1 N–H and O–H groups in total. The van der Waals surface area contributed by atoms with E-state index >= 15 is 0 Å². The van der Waals surface area contributed by atoms with E-state index in [9.17, 15) is 0 Å². The first kappa shape index (κ1) is 19.0. The fourth-order valence-electron chi connectivity index (χ4n) is 2.81. The molecule has 0 spiro atoms. The summed E-state index contributed by atoms with van der Waals surface area (Å²) in [7, 11) is 0. The summed E-state index contributed by atoms with van der Waals surface area (Å²) in [6.45, 7) is 8.46. The maximum atomic E-state index is 6.11. The van der Waals surface area contributed by atoms with Gasteiger partial charge in [-0.15, -0.1) is 11.3 Å². The highest BCUT2D eigenvalue weighted by molar-refractivity contribution is 7.14. The van der Waals surface area contributed by atoms with Crippen molar-refractivity contribution in [1.29, 1.82) is 0 Å². The van der Waals surface area contributed by atoms with E-state index in [0.29, 0.717) is 10.0 Å². The summed E-state index contributed by atoms with van der Waals surface area (Å²) >= 11 is 13.7. The van der Waals surface area contributed by atoms with Gasteiger partial charge in [0.2, 0.25) is 0 Å². The molecule has 1 heterocycles. The second-order valence-electron chi connectivity index (χ2n) is 5.96. The van der Waals surface area contributed by atoms with Gasteiger partial charge in [0.25, 0.3) is 0 Å². The lowest BCUT2D eigenvalue weighted by Gasteiger charge is -2.22. The molecule has 0 aliphatic rings. The van der Waals surface area contributed by atoms with Crippen LogP contribution in [0.1, 0.15) is 19.4 Å². The second-order valence-corrected chi connectivity index (χ2v) is 7.64. The Morgan fingerprint density at radius 3 is 2.46 bits per heavy atom. The van der Waals surface area contributed by atoms with E-state index in [4.69, 9.17) is 23.2 Å². The van der Waals surface area contributed by atoms with Gasteiger partial charge < -0.3 is 10.2 Å². The maximum absolute atomic E-state index is 6.11. The van der Waals surface area contributed by atoms with Crippen LogP contribution in [0.2, 0.25) is 10.0 Å². The second kappa shape index (κ2) is 8.30. The molecule has 0 saturated carbocycles. The number of nitrogens with one attached hydrogen (secondary N) is 1. The molecule has 0 radical (unpaired) electrons. The van der Waals surface area contributed by atoms with Gasteiger partial charge in [0, 0.05) is 35.4 Å². The van der Waals surface area contributed by atoms with Crippen molar-refractivity contribution in [1.82, 2.24) is 4.98 Å². The molecule has 1 aromatic heterocycles. The normalized spacial score (nSPS) is 10.8. The summed E-state index contributed by atoms with van der Waals surface area (Å²) in [5.41, 5.74) is 5.34. The fourth-order valence-corrected chi connectivity index (χ4v) is 3.84. The van der Waals surface area contributed by atoms with Crippen LogP contribution < -0.4 is 10.2 Å². The van der Waals surface area contributed by atoms with E-state index in [1.165, 1.54) is 11.3 Å². The summed E-state index contributed by atoms with van der Waals surface area (Å²) in [6.07, 6.45) is 0. The molecule has 0 amide bonds. The number of hydrogen-bond donors (Lipinski definition) is 1. The number of aromatic nitrogens is 1. The highest BCUT2D eigenvalue weighted by Gasteiger charge is 2.09. The van der Waals surface area contributed by atoms with Crippen molar-refractivity contribution < 1.29 is 0 Å². The van der Waals surface area contributed by atoms with Gasteiger partial charge in [0.05, 0.1) is 15.7 Å². The third kappa shape index (κ3) is 4.14. The van der Waals surface area contributed by atoms with Crippen molar-refractivity contribution >= 4 is 51.0 Å². The molecule has 3 nitrogen and oxygen atoms in total. The lowest BCUT2D eigenvalue weighted by Crippen LogP contribution is -2.21. The average molecular weight is 406 g/mol. The van der Waals surface area contributed by atoms with Crippen molar-refractivity contribution in [2.24, 2.45) is 0 Å².